The van der Waals surface area contributed by atoms with Crippen LogP contribution in [0.5, 0.6) is 0 Å². The summed E-state index contributed by atoms with van der Waals surface area (Å²) in [5, 5.41) is 5.79. The van der Waals surface area contributed by atoms with Gasteiger partial charge in [-0.3, -0.25) is 0 Å². The quantitative estimate of drug-likeness (QED) is 0.866. The van der Waals surface area contributed by atoms with Gasteiger partial charge in [0.2, 0.25) is 0 Å². The highest BCUT2D eigenvalue weighted by molar-refractivity contribution is 8.13. The summed E-state index contributed by atoms with van der Waals surface area (Å²) >= 11 is 1.67. The van der Waals surface area contributed by atoms with Crippen molar-refractivity contribution in [2.75, 3.05) is 5.75 Å². The summed E-state index contributed by atoms with van der Waals surface area (Å²) in [7, 11) is -2.58. The highest BCUT2D eigenvalue weighted by Crippen LogP contribution is 2.31. The number of nitrogens with two attached hydrogens (primary N) is 1. The van der Waals surface area contributed by atoms with Gasteiger partial charge >= 0.3 is 0 Å². The first-order valence-electron chi connectivity index (χ1n) is 4.89. The van der Waals surface area contributed by atoms with Gasteiger partial charge in [-0.2, -0.15) is 4.36 Å². The van der Waals surface area contributed by atoms with E-state index in [1.165, 1.54) is 0 Å². The lowest BCUT2D eigenvalue weighted by Crippen LogP contribution is -2.23. The molecule has 1 aliphatic rings. The molecule has 0 saturated carbocycles. The summed E-state index contributed by atoms with van der Waals surface area (Å²) in [6.07, 6.45) is 2.00. The van der Waals surface area contributed by atoms with Gasteiger partial charge in [-0.05, 0) is 30.7 Å². The zero-order valence-electron chi connectivity index (χ0n) is 8.33. The Kier molecular flexibility index (Phi) is 3.33. The summed E-state index contributed by atoms with van der Waals surface area (Å²) in [6, 6.07) is 9.30. The topological polar surface area (TPSA) is 55.5 Å². The van der Waals surface area contributed by atoms with E-state index in [9.17, 15) is 4.21 Å². The van der Waals surface area contributed by atoms with Gasteiger partial charge in [-0.25, -0.2) is 9.35 Å². The summed E-state index contributed by atoms with van der Waals surface area (Å²) < 4.78 is 16.3. The molecule has 1 aromatic rings. The van der Waals surface area contributed by atoms with Crippen LogP contribution in [0.4, 0.5) is 5.69 Å². The van der Waals surface area contributed by atoms with Crippen molar-refractivity contribution in [3.05, 3.63) is 30.3 Å². The predicted molar refractivity (Wildman–Crippen MR) is 66.3 cm³/mol. The molecule has 1 unspecified atom stereocenters. The van der Waals surface area contributed by atoms with Crippen molar-refractivity contribution in [2.45, 2.75) is 17.4 Å². The normalized spacial score (nSPS) is 24.7. The fourth-order valence-corrected chi connectivity index (χ4v) is 4.73. The molecule has 2 atom stereocenters. The highest BCUT2D eigenvalue weighted by atomic mass is 32.3. The van der Waals surface area contributed by atoms with Gasteiger partial charge in [-0.15, -0.1) is 11.8 Å². The first-order chi connectivity index (χ1) is 7.18. The Bertz CT molecular complexity index is 432. The van der Waals surface area contributed by atoms with E-state index in [4.69, 9.17) is 5.14 Å². The van der Waals surface area contributed by atoms with E-state index in [1.807, 2.05) is 30.3 Å². The first-order valence-corrected chi connectivity index (χ1v) is 7.58. The molecule has 1 saturated heterocycles. The van der Waals surface area contributed by atoms with E-state index in [0.717, 1.165) is 18.6 Å². The Balaban J connectivity index is 2.28. The SMILES string of the molecule is NS(=O)(=Nc1ccccc1)[C@@H]1CCCS1. The van der Waals surface area contributed by atoms with Crippen molar-refractivity contribution in [1.29, 1.82) is 0 Å². The van der Waals surface area contributed by atoms with E-state index >= 15 is 0 Å². The number of nitrogens with zero attached hydrogens (tertiary/aromatic N) is 1. The molecule has 1 fully saturated rings. The molecule has 0 spiro atoms. The second-order valence-corrected chi connectivity index (χ2v) is 7.07. The number of hydrogen-bond donors (Lipinski definition) is 1. The van der Waals surface area contributed by atoms with E-state index in [1.54, 1.807) is 11.8 Å². The van der Waals surface area contributed by atoms with Crippen LogP contribution in [-0.4, -0.2) is 14.5 Å². The molecule has 0 radical (unpaired) electrons. The van der Waals surface area contributed by atoms with E-state index in [2.05, 4.69) is 4.36 Å². The molecule has 3 nitrogen and oxygen atoms in total. The Hall–Kier alpha value is -0.520. The van der Waals surface area contributed by atoms with Gasteiger partial charge in [-0.1, -0.05) is 18.2 Å². The Morgan fingerprint density at radius 2 is 2.13 bits per heavy atom. The minimum Gasteiger partial charge on any atom is -0.244 e. The molecule has 1 aromatic carbocycles. The van der Waals surface area contributed by atoms with Crippen LogP contribution < -0.4 is 5.14 Å². The molecule has 15 heavy (non-hydrogen) atoms. The Labute approximate surface area is 94.8 Å². The van der Waals surface area contributed by atoms with Crippen molar-refractivity contribution in [1.82, 2.24) is 0 Å². The average Bonchev–Trinajstić information content (AvgIpc) is 2.71. The highest BCUT2D eigenvalue weighted by Gasteiger charge is 2.24. The molecule has 5 heteroatoms. The van der Waals surface area contributed by atoms with E-state index in [0.29, 0.717) is 5.69 Å². The molecule has 0 bridgehead atoms. The summed E-state index contributed by atoms with van der Waals surface area (Å²) in [4.78, 5) is 0. The minimum atomic E-state index is -2.58. The Morgan fingerprint density at radius 1 is 1.40 bits per heavy atom. The number of thioether (sulfide) groups is 1. The third-order valence-electron chi connectivity index (χ3n) is 2.27. The maximum atomic E-state index is 12.1. The van der Waals surface area contributed by atoms with Crippen LogP contribution in [-0.2, 0) is 9.92 Å². The van der Waals surface area contributed by atoms with Crippen molar-refractivity contribution >= 4 is 27.4 Å². The fraction of sp³-hybridized carbons (Fsp3) is 0.400. The largest absolute Gasteiger partial charge is 0.244 e. The number of benzene rings is 1. The van der Waals surface area contributed by atoms with Gasteiger partial charge < -0.3 is 0 Å². The number of rotatable bonds is 2. The van der Waals surface area contributed by atoms with Crippen molar-refractivity contribution in [2.24, 2.45) is 9.50 Å². The van der Waals surface area contributed by atoms with Gasteiger partial charge in [0.1, 0.15) is 14.5 Å². The lowest BCUT2D eigenvalue weighted by Gasteiger charge is -2.10. The van der Waals surface area contributed by atoms with Gasteiger partial charge in [0.15, 0.2) is 0 Å². The molecular formula is C10H14N2OS2. The molecular weight excluding hydrogens is 228 g/mol. The van der Waals surface area contributed by atoms with E-state index in [-0.39, 0.29) is 4.58 Å². The van der Waals surface area contributed by atoms with Gasteiger partial charge in [0, 0.05) is 0 Å². The van der Waals surface area contributed by atoms with Gasteiger partial charge in [0.25, 0.3) is 0 Å². The van der Waals surface area contributed by atoms with Crippen LogP contribution in [0.2, 0.25) is 0 Å². The van der Waals surface area contributed by atoms with Gasteiger partial charge in [0.05, 0.1) is 5.69 Å². The van der Waals surface area contributed by atoms with Crippen LogP contribution in [0.1, 0.15) is 12.8 Å². The number of hydrogen-bond acceptors (Lipinski definition) is 3. The average molecular weight is 242 g/mol. The Morgan fingerprint density at radius 3 is 2.73 bits per heavy atom. The standard InChI is InChI=1S/C10H14N2OS2/c11-15(13,10-7-4-8-14-10)12-9-5-2-1-3-6-9/h1-3,5-6,10H,4,7-8H2,(H2,11,12,13)/t10-,15?/m1/s1. The van der Waals surface area contributed by atoms with Crippen LogP contribution in [0.15, 0.2) is 34.7 Å². The molecule has 0 amide bonds. The summed E-state index contributed by atoms with van der Waals surface area (Å²) in [6.45, 7) is 0. The molecule has 2 rings (SSSR count). The maximum Gasteiger partial charge on any atom is 0.122 e. The third-order valence-corrected chi connectivity index (χ3v) is 6.12. The van der Waals surface area contributed by atoms with Crippen LogP contribution in [0, 0.1) is 0 Å². The molecule has 0 aliphatic carbocycles. The zero-order valence-corrected chi connectivity index (χ0v) is 9.97. The van der Waals surface area contributed by atoms with E-state index < -0.39 is 9.92 Å². The minimum absolute atomic E-state index is 0.00212. The van der Waals surface area contributed by atoms with Crippen molar-refractivity contribution in [3.63, 3.8) is 0 Å². The zero-order chi connectivity index (χ0) is 10.7. The third kappa shape index (κ3) is 2.74. The predicted octanol–water partition coefficient (Wildman–Crippen LogP) is 2.51. The van der Waals surface area contributed by atoms with Crippen LogP contribution in [0.25, 0.3) is 0 Å². The second kappa shape index (κ2) is 4.55. The molecule has 2 N–H and O–H groups in total. The molecule has 1 aliphatic heterocycles. The maximum absolute atomic E-state index is 12.1. The van der Waals surface area contributed by atoms with Crippen LogP contribution >= 0.6 is 11.8 Å². The molecule has 82 valence electrons. The monoisotopic (exact) mass is 242 g/mol. The summed E-state index contributed by atoms with van der Waals surface area (Å²) in [5.74, 6) is 1.04. The van der Waals surface area contributed by atoms with Crippen LogP contribution in [0.3, 0.4) is 0 Å². The lowest BCUT2D eigenvalue weighted by atomic mass is 10.3. The van der Waals surface area contributed by atoms with Crippen molar-refractivity contribution in [3.8, 4) is 0 Å². The summed E-state index contributed by atoms with van der Waals surface area (Å²) in [5.41, 5.74) is 0.706. The second-order valence-electron chi connectivity index (χ2n) is 3.48. The molecule has 1 heterocycles. The first kappa shape index (κ1) is 11.0. The lowest BCUT2D eigenvalue weighted by molar-refractivity contribution is 0.673. The van der Waals surface area contributed by atoms with Crippen molar-refractivity contribution < 1.29 is 4.21 Å². The fourth-order valence-electron chi connectivity index (χ4n) is 1.53. The molecule has 0 aromatic heterocycles. The smallest absolute Gasteiger partial charge is 0.122 e.